The van der Waals surface area contributed by atoms with Gasteiger partial charge in [-0.2, -0.15) is 0 Å². The van der Waals surface area contributed by atoms with E-state index in [4.69, 9.17) is 0 Å². The van der Waals surface area contributed by atoms with Crippen molar-refractivity contribution in [3.63, 3.8) is 0 Å². The molecule has 0 atom stereocenters. The molecular weight excluding hydrogens is 475 g/mol. The van der Waals surface area contributed by atoms with Crippen molar-refractivity contribution in [1.82, 2.24) is 14.5 Å². The predicted octanol–water partition coefficient (Wildman–Crippen LogP) is 6.17. The van der Waals surface area contributed by atoms with E-state index in [9.17, 15) is 21.6 Å². The van der Waals surface area contributed by atoms with Gasteiger partial charge in [0.25, 0.3) is 5.92 Å². The lowest BCUT2D eigenvalue weighted by Crippen LogP contribution is -2.09. The van der Waals surface area contributed by atoms with E-state index in [0.29, 0.717) is 40.7 Å². The van der Waals surface area contributed by atoms with Crippen LogP contribution in [-0.4, -0.2) is 28.7 Å². The minimum atomic E-state index is -3.69. The largest absolute Gasteiger partial charge is 0.327 e. The van der Waals surface area contributed by atoms with Crippen molar-refractivity contribution in [3.8, 4) is 22.5 Å². The molecule has 1 aliphatic carbocycles. The van der Waals surface area contributed by atoms with Crippen molar-refractivity contribution >= 4 is 20.9 Å². The zero-order chi connectivity index (χ0) is 25.2. The standard InChI is InChI=1S/C26H24F3N3O2S/c1-4-35(33,34)22-13-18(16-5-7-19(8-6-16)26(29)9-10-26)14-30-23(22)21-12-17-11-20(25(2,27)28)15-31-24(17)32(21)3/h5-8,11-15H,4,9-10H2,1-3H3. The number of sulfone groups is 1. The summed E-state index contributed by atoms with van der Waals surface area (Å²) < 4.78 is 69.8. The van der Waals surface area contributed by atoms with Crippen LogP contribution in [0.25, 0.3) is 33.5 Å². The predicted molar refractivity (Wildman–Crippen MR) is 129 cm³/mol. The topological polar surface area (TPSA) is 64.8 Å². The zero-order valence-electron chi connectivity index (χ0n) is 19.5. The summed E-state index contributed by atoms with van der Waals surface area (Å²) in [5, 5.41) is 0.461. The summed E-state index contributed by atoms with van der Waals surface area (Å²) >= 11 is 0. The molecule has 0 amide bonds. The zero-order valence-corrected chi connectivity index (χ0v) is 20.3. The molecule has 3 heterocycles. The molecule has 0 saturated heterocycles. The van der Waals surface area contributed by atoms with Crippen LogP contribution in [-0.2, 0) is 28.5 Å². The number of halogens is 3. The second-order valence-electron chi connectivity index (χ2n) is 9.13. The van der Waals surface area contributed by atoms with Crippen molar-refractivity contribution in [3.05, 3.63) is 66.0 Å². The number of aryl methyl sites for hydroxylation is 1. The van der Waals surface area contributed by atoms with Crippen LogP contribution in [0.15, 0.2) is 59.8 Å². The summed E-state index contributed by atoms with van der Waals surface area (Å²) in [6, 6.07) is 11.5. The number of pyridine rings is 2. The number of hydrogen-bond donors (Lipinski definition) is 0. The molecule has 0 bridgehead atoms. The van der Waals surface area contributed by atoms with Gasteiger partial charge in [-0.05, 0) is 42.2 Å². The van der Waals surface area contributed by atoms with Crippen LogP contribution in [0.5, 0.6) is 0 Å². The number of benzene rings is 1. The Morgan fingerprint density at radius 3 is 2.31 bits per heavy atom. The summed E-state index contributed by atoms with van der Waals surface area (Å²) in [5.41, 5.74) is 1.56. The van der Waals surface area contributed by atoms with Crippen molar-refractivity contribution in [1.29, 1.82) is 0 Å². The maximum atomic E-state index is 14.3. The van der Waals surface area contributed by atoms with E-state index in [1.165, 1.54) is 6.07 Å². The number of fused-ring (bicyclic) bond motifs is 1. The molecule has 4 aromatic rings. The Hall–Kier alpha value is -3.20. The van der Waals surface area contributed by atoms with Crippen LogP contribution in [0.3, 0.4) is 0 Å². The summed E-state index contributed by atoms with van der Waals surface area (Å²) in [6.07, 6.45) is 3.72. The molecule has 5 nitrogen and oxygen atoms in total. The summed E-state index contributed by atoms with van der Waals surface area (Å²) in [5.74, 6) is -3.19. The van der Waals surface area contributed by atoms with Gasteiger partial charge in [-0.3, -0.25) is 4.98 Å². The first kappa shape index (κ1) is 23.5. The fourth-order valence-corrected chi connectivity index (χ4v) is 5.30. The Balaban J connectivity index is 1.64. The molecule has 1 aliphatic rings. The van der Waals surface area contributed by atoms with Crippen molar-refractivity contribution in [2.24, 2.45) is 7.05 Å². The first-order valence-corrected chi connectivity index (χ1v) is 12.9. The van der Waals surface area contributed by atoms with E-state index >= 15 is 0 Å². The summed E-state index contributed by atoms with van der Waals surface area (Å²) in [7, 11) is -2.00. The minimum Gasteiger partial charge on any atom is -0.327 e. The summed E-state index contributed by atoms with van der Waals surface area (Å²) in [4.78, 5) is 8.72. The molecule has 9 heteroatoms. The molecular formula is C26H24F3N3O2S. The molecule has 0 aliphatic heterocycles. The number of rotatable bonds is 6. The fraction of sp³-hybridized carbons (Fsp3) is 0.308. The molecule has 1 aromatic carbocycles. The minimum absolute atomic E-state index is 0.0395. The highest BCUT2D eigenvalue weighted by atomic mass is 32.2. The van der Waals surface area contributed by atoms with Crippen LogP contribution in [0, 0.1) is 0 Å². The van der Waals surface area contributed by atoms with Crippen LogP contribution in [0.2, 0.25) is 0 Å². The van der Waals surface area contributed by atoms with Gasteiger partial charge in [-0.1, -0.05) is 31.2 Å². The Bertz CT molecular complexity index is 1550. The highest BCUT2D eigenvalue weighted by Crippen LogP contribution is 2.49. The molecule has 1 saturated carbocycles. The molecule has 0 unspecified atom stereocenters. The average molecular weight is 500 g/mol. The third-order valence-corrected chi connectivity index (χ3v) is 8.35. The third-order valence-electron chi connectivity index (χ3n) is 6.61. The third kappa shape index (κ3) is 4.11. The fourth-order valence-electron chi connectivity index (χ4n) is 4.23. The summed E-state index contributed by atoms with van der Waals surface area (Å²) in [6.45, 7) is 2.35. The first-order chi connectivity index (χ1) is 16.4. The van der Waals surface area contributed by atoms with E-state index in [2.05, 4.69) is 9.97 Å². The van der Waals surface area contributed by atoms with Crippen LogP contribution in [0.4, 0.5) is 13.2 Å². The molecule has 1 fully saturated rings. The maximum Gasteiger partial charge on any atom is 0.272 e. The molecule has 35 heavy (non-hydrogen) atoms. The van der Waals surface area contributed by atoms with Gasteiger partial charge in [0, 0.05) is 42.9 Å². The van der Waals surface area contributed by atoms with Gasteiger partial charge in [0.1, 0.15) is 17.0 Å². The molecule has 182 valence electrons. The van der Waals surface area contributed by atoms with E-state index in [0.717, 1.165) is 18.7 Å². The van der Waals surface area contributed by atoms with Gasteiger partial charge in [-0.15, -0.1) is 0 Å². The molecule has 5 rings (SSSR count). The molecule has 0 N–H and O–H groups in total. The van der Waals surface area contributed by atoms with Crippen LogP contribution < -0.4 is 0 Å². The lowest BCUT2D eigenvalue weighted by molar-refractivity contribution is 0.0173. The molecule has 0 radical (unpaired) electrons. The lowest BCUT2D eigenvalue weighted by atomic mass is 10.0. The van der Waals surface area contributed by atoms with E-state index < -0.39 is 21.4 Å². The highest BCUT2D eigenvalue weighted by molar-refractivity contribution is 7.91. The van der Waals surface area contributed by atoms with E-state index in [1.54, 1.807) is 61.1 Å². The quantitative estimate of drug-likeness (QED) is 0.318. The molecule has 0 spiro atoms. The first-order valence-electron chi connectivity index (χ1n) is 11.3. The van der Waals surface area contributed by atoms with E-state index in [1.807, 2.05) is 0 Å². The second kappa shape index (κ2) is 7.91. The van der Waals surface area contributed by atoms with Gasteiger partial charge in [-0.25, -0.2) is 26.6 Å². The Labute approximate surface area is 201 Å². The smallest absolute Gasteiger partial charge is 0.272 e. The van der Waals surface area contributed by atoms with Crippen LogP contribution in [0.1, 0.15) is 37.8 Å². The number of alkyl halides is 3. The van der Waals surface area contributed by atoms with E-state index in [-0.39, 0.29) is 21.9 Å². The van der Waals surface area contributed by atoms with Crippen LogP contribution >= 0.6 is 0 Å². The maximum absolute atomic E-state index is 14.3. The van der Waals surface area contributed by atoms with Gasteiger partial charge >= 0.3 is 0 Å². The Morgan fingerprint density at radius 2 is 1.71 bits per heavy atom. The van der Waals surface area contributed by atoms with Gasteiger partial charge in [0.2, 0.25) is 0 Å². The lowest BCUT2D eigenvalue weighted by Gasteiger charge is -2.13. The Morgan fingerprint density at radius 1 is 1.03 bits per heavy atom. The van der Waals surface area contributed by atoms with Gasteiger partial charge in [0.15, 0.2) is 9.84 Å². The normalized spacial score (nSPS) is 15.5. The average Bonchev–Trinajstić information content (AvgIpc) is 3.51. The second-order valence-corrected chi connectivity index (χ2v) is 11.4. The number of nitrogens with zero attached hydrogens (tertiary/aromatic N) is 3. The van der Waals surface area contributed by atoms with Crippen molar-refractivity contribution in [2.45, 2.75) is 43.2 Å². The molecule has 3 aromatic heterocycles. The highest BCUT2D eigenvalue weighted by Gasteiger charge is 2.44. The Kier molecular flexibility index (Phi) is 5.32. The monoisotopic (exact) mass is 499 g/mol. The van der Waals surface area contributed by atoms with Crippen molar-refractivity contribution in [2.75, 3.05) is 5.75 Å². The number of hydrogen-bond acceptors (Lipinski definition) is 4. The number of aromatic nitrogens is 3. The van der Waals surface area contributed by atoms with Crippen molar-refractivity contribution < 1.29 is 21.6 Å². The van der Waals surface area contributed by atoms with Gasteiger partial charge in [0.05, 0.1) is 16.3 Å². The SMILES string of the molecule is CCS(=O)(=O)c1cc(-c2ccc(C3(F)CC3)cc2)cnc1-c1cc2cc(C(C)(F)F)cnc2n1C. The van der Waals surface area contributed by atoms with Gasteiger partial charge < -0.3 is 4.57 Å².